The number of aromatic carboxylic acids is 1. The average molecular weight is 335 g/mol. The van der Waals surface area contributed by atoms with Crippen molar-refractivity contribution in [1.82, 2.24) is 0 Å². The molecule has 0 heterocycles. The summed E-state index contributed by atoms with van der Waals surface area (Å²) in [5.41, 5.74) is 1.09. The van der Waals surface area contributed by atoms with Crippen molar-refractivity contribution in [3.63, 3.8) is 0 Å². The summed E-state index contributed by atoms with van der Waals surface area (Å²) >= 11 is 3.28. The molecule has 0 unspecified atom stereocenters. The molecule has 4 nitrogen and oxygen atoms in total. The largest absolute Gasteiger partial charge is 0.478 e. The number of hydrogen-bond acceptors (Lipinski definition) is 3. The summed E-state index contributed by atoms with van der Waals surface area (Å²) in [6.45, 7) is 0. The molecule has 6 heteroatoms. The van der Waals surface area contributed by atoms with Gasteiger partial charge in [0.05, 0.1) is 28.6 Å². The molecule has 0 fully saturated rings. The second kappa shape index (κ2) is 5.72. The van der Waals surface area contributed by atoms with E-state index in [1.54, 1.807) is 18.2 Å². The van der Waals surface area contributed by atoms with E-state index in [1.165, 1.54) is 12.1 Å². The fourth-order valence-corrected chi connectivity index (χ4v) is 2.06. The molecule has 2 N–H and O–H groups in total. The zero-order chi connectivity index (χ0) is 14.7. The van der Waals surface area contributed by atoms with Gasteiger partial charge in [-0.25, -0.2) is 9.18 Å². The zero-order valence-corrected chi connectivity index (χ0v) is 11.6. The van der Waals surface area contributed by atoms with Crippen LogP contribution >= 0.6 is 15.9 Å². The standard InChI is InChI=1S/C14H8BrFN2O2/c15-10-5-8(7-17)1-3-12(10)18-13-4-2-9(14(19)20)6-11(13)16/h1-6,18H,(H,19,20). The first kappa shape index (κ1) is 14.0. The highest BCUT2D eigenvalue weighted by atomic mass is 79.9. The molecule has 0 aromatic heterocycles. The van der Waals surface area contributed by atoms with Gasteiger partial charge in [0, 0.05) is 4.47 Å². The molecule has 0 aliphatic heterocycles. The number of rotatable bonds is 3. The van der Waals surface area contributed by atoms with Gasteiger partial charge in [-0.1, -0.05) is 0 Å². The van der Waals surface area contributed by atoms with Crippen molar-refractivity contribution in [1.29, 1.82) is 5.26 Å². The summed E-state index contributed by atoms with van der Waals surface area (Å²) in [5.74, 6) is -1.85. The fraction of sp³-hybridized carbons (Fsp3) is 0. The van der Waals surface area contributed by atoms with Crippen LogP contribution in [0.1, 0.15) is 15.9 Å². The molecule has 0 radical (unpaired) electrons. The second-order valence-corrected chi connectivity index (χ2v) is 4.79. The van der Waals surface area contributed by atoms with E-state index < -0.39 is 11.8 Å². The Labute approximate surface area is 122 Å². The van der Waals surface area contributed by atoms with E-state index in [0.717, 1.165) is 6.07 Å². The third-order valence-corrected chi connectivity index (χ3v) is 3.24. The molecule has 0 saturated carbocycles. The summed E-state index contributed by atoms with van der Waals surface area (Å²) in [6.07, 6.45) is 0. The molecule has 20 heavy (non-hydrogen) atoms. The summed E-state index contributed by atoms with van der Waals surface area (Å²) in [4.78, 5) is 10.7. The maximum Gasteiger partial charge on any atom is 0.335 e. The normalized spacial score (nSPS) is 9.85. The number of nitriles is 1. The van der Waals surface area contributed by atoms with Crippen LogP contribution in [0.15, 0.2) is 40.9 Å². The van der Waals surface area contributed by atoms with Crippen LogP contribution in [0, 0.1) is 17.1 Å². The van der Waals surface area contributed by atoms with Crippen molar-refractivity contribution in [3.05, 3.63) is 57.8 Å². The summed E-state index contributed by atoms with van der Waals surface area (Å²) in [5, 5.41) is 20.4. The number of benzene rings is 2. The SMILES string of the molecule is N#Cc1ccc(Nc2ccc(C(=O)O)cc2F)c(Br)c1. The first-order chi connectivity index (χ1) is 9.51. The van der Waals surface area contributed by atoms with Crippen molar-refractivity contribution >= 4 is 33.3 Å². The summed E-state index contributed by atoms with van der Waals surface area (Å²) < 4.78 is 14.4. The van der Waals surface area contributed by atoms with E-state index >= 15 is 0 Å². The predicted molar refractivity (Wildman–Crippen MR) is 75.5 cm³/mol. The molecule has 0 amide bonds. The Morgan fingerprint density at radius 3 is 2.50 bits per heavy atom. The molecular formula is C14H8BrFN2O2. The highest BCUT2D eigenvalue weighted by molar-refractivity contribution is 9.10. The van der Waals surface area contributed by atoms with Crippen molar-refractivity contribution in [2.24, 2.45) is 0 Å². The number of anilines is 2. The quantitative estimate of drug-likeness (QED) is 0.892. The zero-order valence-electron chi connectivity index (χ0n) is 10.0. The highest BCUT2D eigenvalue weighted by Crippen LogP contribution is 2.28. The van der Waals surface area contributed by atoms with Gasteiger partial charge in [0.25, 0.3) is 0 Å². The third kappa shape index (κ3) is 2.95. The number of halogens is 2. The van der Waals surface area contributed by atoms with E-state index in [4.69, 9.17) is 10.4 Å². The lowest BCUT2D eigenvalue weighted by Gasteiger charge is -2.10. The van der Waals surface area contributed by atoms with Crippen LogP contribution in [-0.2, 0) is 0 Å². The van der Waals surface area contributed by atoms with Crippen LogP contribution in [-0.4, -0.2) is 11.1 Å². The van der Waals surface area contributed by atoms with Gasteiger partial charge in [-0.2, -0.15) is 5.26 Å². The lowest BCUT2D eigenvalue weighted by atomic mass is 10.2. The molecule has 0 aliphatic rings. The maximum absolute atomic E-state index is 13.8. The van der Waals surface area contributed by atoms with Crippen molar-refractivity contribution in [2.45, 2.75) is 0 Å². The molecule has 0 saturated heterocycles. The van der Waals surface area contributed by atoms with Gasteiger partial charge in [0.1, 0.15) is 5.82 Å². The van der Waals surface area contributed by atoms with Gasteiger partial charge in [0.15, 0.2) is 0 Å². The molecule has 2 rings (SSSR count). The first-order valence-corrected chi connectivity index (χ1v) is 6.30. The summed E-state index contributed by atoms with van der Waals surface area (Å²) in [7, 11) is 0. The Kier molecular flexibility index (Phi) is 4.01. The maximum atomic E-state index is 13.8. The Morgan fingerprint density at radius 2 is 1.95 bits per heavy atom. The number of hydrogen-bond donors (Lipinski definition) is 2. The van der Waals surface area contributed by atoms with Crippen molar-refractivity contribution < 1.29 is 14.3 Å². The van der Waals surface area contributed by atoms with Crippen LogP contribution in [0.3, 0.4) is 0 Å². The lowest BCUT2D eigenvalue weighted by Crippen LogP contribution is -2.00. The number of carboxylic acids is 1. The number of carbonyl (C=O) groups is 1. The Morgan fingerprint density at radius 1 is 1.25 bits per heavy atom. The minimum absolute atomic E-state index is 0.119. The van der Waals surface area contributed by atoms with E-state index in [9.17, 15) is 9.18 Å². The first-order valence-electron chi connectivity index (χ1n) is 5.51. The van der Waals surface area contributed by atoms with Crippen LogP contribution < -0.4 is 5.32 Å². The van der Waals surface area contributed by atoms with Crippen LogP contribution in [0.2, 0.25) is 0 Å². The molecular weight excluding hydrogens is 327 g/mol. The van der Waals surface area contributed by atoms with Gasteiger partial charge < -0.3 is 10.4 Å². The third-order valence-electron chi connectivity index (χ3n) is 2.58. The minimum Gasteiger partial charge on any atom is -0.478 e. The fourth-order valence-electron chi connectivity index (χ4n) is 1.58. The van der Waals surface area contributed by atoms with E-state index in [2.05, 4.69) is 21.2 Å². The molecule has 0 aliphatic carbocycles. The Hall–Kier alpha value is -2.39. The van der Waals surface area contributed by atoms with Crippen LogP contribution in [0.25, 0.3) is 0 Å². The topological polar surface area (TPSA) is 73.1 Å². The lowest BCUT2D eigenvalue weighted by molar-refractivity contribution is 0.0696. The van der Waals surface area contributed by atoms with Gasteiger partial charge >= 0.3 is 5.97 Å². The molecule has 100 valence electrons. The van der Waals surface area contributed by atoms with E-state index in [0.29, 0.717) is 15.7 Å². The molecule has 0 atom stereocenters. The van der Waals surface area contributed by atoms with Gasteiger partial charge in [-0.05, 0) is 52.3 Å². The number of carboxylic acid groups (broad SMARTS) is 1. The van der Waals surface area contributed by atoms with E-state index in [-0.39, 0.29) is 11.3 Å². The molecule has 0 bridgehead atoms. The van der Waals surface area contributed by atoms with Crippen molar-refractivity contribution in [3.8, 4) is 6.07 Å². The minimum atomic E-state index is -1.19. The highest BCUT2D eigenvalue weighted by Gasteiger charge is 2.09. The van der Waals surface area contributed by atoms with Crippen LogP contribution in [0.5, 0.6) is 0 Å². The molecule has 2 aromatic carbocycles. The Bertz CT molecular complexity index is 726. The molecule has 2 aromatic rings. The predicted octanol–water partition coefficient (Wildman–Crippen LogP) is 3.90. The average Bonchev–Trinajstić information content (AvgIpc) is 2.42. The molecule has 0 spiro atoms. The second-order valence-electron chi connectivity index (χ2n) is 3.93. The summed E-state index contributed by atoms with van der Waals surface area (Å²) in [6, 6.07) is 10.4. The van der Waals surface area contributed by atoms with Gasteiger partial charge in [-0.3, -0.25) is 0 Å². The van der Waals surface area contributed by atoms with Crippen molar-refractivity contribution in [2.75, 3.05) is 5.32 Å². The monoisotopic (exact) mass is 334 g/mol. The Balaban J connectivity index is 2.31. The number of nitrogens with zero attached hydrogens (tertiary/aromatic N) is 1. The van der Waals surface area contributed by atoms with Crippen LogP contribution in [0.4, 0.5) is 15.8 Å². The van der Waals surface area contributed by atoms with E-state index in [1.807, 2.05) is 6.07 Å². The van der Waals surface area contributed by atoms with Gasteiger partial charge in [0.2, 0.25) is 0 Å². The number of nitrogens with one attached hydrogen (secondary N) is 1. The van der Waals surface area contributed by atoms with Gasteiger partial charge in [-0.15, -0.1) is 0 Å². The smallest absolute Gasteiger partial charge is 0.335 e.